The highest BCUT2D eigenvalue weighted by Crippen LogP contribution is 2.19. The molecule has 11 nitrogen and oxygen atoms in total. The normalized spacial score (nSPS) is 13.4. The number of aromatic amines is 1. The van der Waals surface area contributed by atoms with Gasteiger partial charge in [-0.05, 0) is 17.2 Å². The Labute approximate surface area is 207 Å². The van der Waals surface area contributed by atoms with E-state index < -0.39 is 55.0 Å². The average molecular weight is 496 g/mol. The molecular formula is C25H29N5O6. The molecule has 3 aromatic rings. The van der Waals surface area contributed by atoms with Gasteiger partial charge in [0.2, 0.25) is 17.7 Å². The van der Waals surface area contributed by atoms with Gasteiger partial charge in [0.05, 0.1) is 6.61 Å². The first-order chi connectivity index (χ1) is 17.3. The van der Waals surface area contributed by atoms with Gasteiger partial charge in [-0.25, -0.2) is 0 Å². The third kappa shape index (κ3) is 7.14. The lowest BCUT2D eigenvalue weighted by atomic mass is 10.0. The molecule has 0 spiro atoms. The number of H-pyrrole nitrogens is 1. The van der Waals surface area contributed by atoms with E-state index in [2.05, 4.69) is 20.9 Å². The van der Waals surface area contributed by atoms with Crippen molar-refractivity contribution < 1.29 is 29.4 Å². The summed E-state index contributed by atoms with van der Waals surface area (Å²) < 4.78 is 0. The van der Waals surface area contributed by atoms with Gasteiger partial charge in [-0.15, -0.1) is 0 Å². The number of hydrogen-bond donors (Lipinski definition) is 7. The van der Waals surface area contributed by atoms with Gasteiger partial charge in [-0.3, -0.25) is 19.2 Å². The zero-order valence-electron chi connectivity index (χ0n) is 19.4. The molecule has 0 bridgehead atoms. The van der Waals surface area contributed by atoms with E-state index in [0.29, 0.717) is 0 Å². The Bertz CT molecular complexity index is 1210. The lowest BCUT2D eigenvalue weighted by Crippen LogP contribution is -2.57. The number of hydrogen-bond acceptors (Lipinski definition) is 6. The molecule has 2 aromatic carbocycles. The first-order valence-corrected chi connectivity index (χ1v) is 11.3. The van der Waals surface area contributed by atoms with Crippen LogP contribution in [0.3, 0.4) is 0 Å². The van der Waals surface area contributed by atoms with Crippen LogP contribution in [0.15, 0.2) is 60.8 Å². The number of para-hydroxylation sites is 1. The molecule has 8 N–H and O–H groups in total. The number of carbonyl (C=O) groups excluding carboxylic acids is 3. The van der Waals surface area contributed by atoms with Gasteiger partial charge >= 0.3 is 5.97 Å². The van der Waals surface area contributed by atoms with Crippen molar-refractivity contribution in [1.82, 2.24) is 20.9 Å². The van der Waals surface area contributed by atoms with Crippen LogP contribution in [-0.4, -0.2) is 70.2 Å². The molecule has 0 aliphatic heterocycles. The Hall–Kier alpha value is -4.22. The molecule has 0 fully saturated rings. The topological polar surface area (TPSA) is 187 Å². The van der Waals surface area contributed by atoms with Crippen LogP contribution in [0, 0.1) is 0 Å². The predicted octanol–water partition coefficient (Wildman–Crippen LogP) is -0.557. The summed E-state index contributed by atoms with van der Waals surface area (Å²) in [5, 5.41) is 26.5. The van der Waals surface area contributed by atoms with Crippen LogP contribution in [-0.2, 0) is 32.0 Å². The predicted molar refractivity (Wildman–Crippen MR) is 132 cm³/mol. The number of aromatic nitrogens is 1. The Morgan fingerprint density at radius 3 is 2.19 bits per heavy atom. The molecule has 11 heteroatoms. The number of carboxylic acids is 1. The molecule has 1 aromatic heterocycles. The summed E-state index contributed by atoms with van der Waals surface area (Å²) in [7, 11) is 0. The van der Waals surface area contributed by atoms with E-state index in [4.69, 9.17) is 10.8 Å². The molecule has 0 saturated heterocycles. The van der Waals surface area contributed by atoms with Crippen LogP contribution in [0.5, 0.6) is 0 Å². The minimum Gasteiger partial charge on any atom is -0.480 e. The first-order valence-electron chi connectivity index (χ1n) is 11.3. The fourth-order valence-corrected chi connectivity index (χ4v) is 3.71. The first kappa shape index (κ1) is 26.4. The summed E-state index contributed by atoms with van der Waals surface area (Å²) in [6, 6.07) is 12.9. The summed E-state index contributed by atoms with van der Waals surface area (Å²) in [5.74, 6) is -3.30. The highest BCUT2D eigenvalue weighted by molar-refractivity contribution is 5.94. The largest absolute Gasteiger partial charge is 0.480 e. The van der Waals surface area contributed by atoms with Crippen molar-refractivity contribution in [2.45, 2.75) is 31.0 Å². The second kappa shape index (κ2) is 12.5. The van der Waals surface area contributed by atoms with E-state index in [-0.39, 0.29) is 12.8 Å². The van der Waals surface area contributed by atoms with E-state index >= 15 is 0 Å². The smallest absolute Gasteiger partial charge is 0.322 e. The van der Waals surface area contributed by atoms with Crippen LogP contribution >= 0.6 is 0 Å². The van der Waals surface area contributed by atoms with Crippen molar-refractivity contribution in [3.8, 4) is 0 Å². The fourth-order valence-electron chi connectivity index (χ4n) is 3.71. The van der Waals surface area contributed by atoms with Gasteiger partial charge < -0.3 is 36.9 Å². The maximum Gasteiger partial charge on any atom is 0.322 e. The van der Waals surface area contributed by atoms with Crippen molar-refractivity contribution in [3.05, 3.63) is 71.9 Å². The van der Waals surface area contributed by atoms with E-state index in [0.717, 1.165) is 22.0 Å². The van der Waals surface area contributed by atoms with Crippen molar-refractivity contribution in [2.24, 2.45) is 5.73 Å². The standard InChI is InChI=1S/C25H29N5O6/c26-18(14-31)23(34)29-21(11-16-12-27-19-9-5-4-8-17(16)19)25(36)30-20(24(35)28-13-22(32)33)10-15-6-2-1-3-7-15/h1-9,12,18,20-21,27,31H,10-11,13-14,26H2,(H,28,35)(H,29,34)(H,30,36)(H,32,33). The maximum absolute atomic E-state index is 13.4. The summed E-state index contributed by atoms with van der Waals surface area (Å²) in [5.41, 5.74) is 7.97. The molecule has 3 rings (SSSR count). The lowest BCUT2D eigenvalue weighted by Gasteiger charge is -2.24. The number of carbonyl (C=O) groups is 4. The number of benzene rings is 2. The Morgan fingerprint density at radius 2 is 1.50 bits per heavy atom. The van der Waals surface area contributed by atoms with Crippen molar-refractivity contribution >= 4 is 34.6 Å². The monoisotopic (exact) mass is 495 g/mol. The van der Waals surface area contributed by atoms with E-state index in [1.165, 1.54) is 0 Å². The zero-order valence-corrected chi connectivity index (χ0v) is 19.4. The van der Waals surface area contributed by atoms with Gasteiger partial charge in [0, 0.05) is 29.9 Å². The number of carboxylic acid groups (broad SMARTS) is 1. The van der Waals surface area contributed by atoms with Crippen molar-refractivity contribution in [1.29, 1.82) is 0 Å². The van der Waals surface area contributed by atoms with Gasteiger partial charge in [-0.2, -0.15) is 0 Å². The van der Waals surface area contributed by atoms with Crippen LogP contribution in [0.25, 0.3) is 10.9 Å². The van der Waals surface area contributed by atoms with Gasteiger partial charge in [0.15, 0.2) is 0 Å². The highest BCUT2D eigenvalue weighted by atomic mass is 16.4. The second-order valence-corrected chi connectivity index (χ2v) is 8.28. The molecule has 3 amide bonds. The van der Waals surface area contributed by atoms with Crippen LogP contribution in [0.1, 0.15) is 11.1 Å². The number of aliphatic hydroxyl groups excluding tert-OH is 1. The molecule has 0 aliphatic rings. The molecular weight excluding hydrogens is 466 g/mol. The van der Waals surface area contributed by atoms with E-state index in [1.54, 1.807) is 36.5 Å². The SMILES string of the molecule is NC(CO)C(=O)NC(Cc1c[nH]c2ccccc12)C(=O)NC(Cc1ccccc1)C(=O)NCC(=O)O. The third-order valence-corrected chi connectivity index (χ3v) is 5.59. The number of fused-ring (bicyclic) bond motifs is 1. The van der Waals surface area contributed by atoms with Gasteiger partial charge in [-0.1, -0.05) is 48.5 Å². The minimum atomic E-state index is -1.23. The maximum atomic E-state index is 13.4. The molecule has 3 atom stereocenters. The number of amides is 3. The van der Waals surface area contributed by atoms with Crippen LogP contribution in [0.2, 0.25) is 0 Å². The fraction of sp³-hybridized carbons (Fsp3) is 0.280. The Morgan fingerprint density at radius 1 is 0.861 bits per heavy atom. The number of aliphatic carboxylic acids is 1. The van der Waals surface area contributed by atoms with E-state index in [9.17, 15) is 24.3 Å². The highest BCUT2D eigenvalue weighted by Gasteiger charge is 2.29. The molecule has 190 valence electrons. The molecule has 36 heavy (non-hydrogen) atoms. The third-order valence-electron chi connectivity index (χ3n) is 5.59. The lowest BCUT2D eigenvalue weighted by molar-refractivity contribution is -0.138. The Kier molecular flexibility index (Phi) is 9.14. The average Bonchev–Trinajstić information content (AvgIpc) is 3.29. The number of aliphatic hydroxyl groups is 1. The Balaban J connectivity index is 1.84. The summed E-state index contributed by atoms with van der Waals surface area (Å²) in [4.78, 5) is 52.6. The molecule has 0 aliphatic carbocycles. The number of nitrogens with two attached hydrogens (primary N) is 1. The molecule has 3 unspecified atom stereocenters. The van der Waals surface area contributed by atoms with Gasteiger partial charge in [0.25, 0.3) is 0 Å². The van der Waals surface area contributed by atoms with Crippen LogP contribution < -0.4 is 21.7 Å². The van der Waals surface area contributed by atoms with Crippen LogP contribution in [0.4, 0.5) is 0 Å². The van der Waals surface area contributed by atoms with Crippen molar-refractivity contribution in [2.75, 3.05) is 13.2 Å². The van der Waals surface area contributed by atoms with E-state index in [1.807, 2.05) is 24.3 Å². The summed E-state index contributed by atoms with van der Waals surface area (Å²) >= 11 is 0. The molecule has 1 heterocycles. The minimum absolute atomic E-state index is 0.0779. The van der Waals surface area contributed by atoms with Crippen molar-refractivity contribution in [3.63, 3.8) is 0 Å². The van der Waals surface area contributed by atoms with Gasteiger partial charge in [0.1, 0.15) is 24.7 Å². The second-order valence-electron chi connectivity index (χ2n) is 8.28. The molecule has 0 saturated carbocycles. The number of rotatable bonds is 12. The summed E-state index contributed by atoms with van der Waals surface area (Å²) in [6.45, 7) is -1.22. The summed E-state index contributed by atoms with van der Waals surface area (Å²) in [6.07, 6.45) is 1.90. The number of nitrogens with one attached hydrogen (secondary N) is 4. The molecule has 0 radical (unpaired) electrons. The zero-order chi connectivity index (χ0) is 26.1. The quantitative estimate of drug-likeness (QED) is 0.175.